The summed E-state index contributed by atoms with van der Waals surface area (Å²) >= 11 is 17.8. The first-order valence-corrected chi connectivity index (χ1v) is 7.46. The van der Waals surface area contributed by atoms with E-state index in [0.29, 0.717) is 31.9 Å². The summed E-state index contributed by atoms with van der Waals surface area (Å²) in [6, 6.07) is 9.73. The van der Waals surface area contributed by atoms with Crippen molar-refractivity contribution in [3.05, 3.63) is 62.6 Å². The molecule has 2 aromatic rings. The molecule has 7 heteroatoms. The van der Waals surface area contributed by atoms with Gasteiger partial charge >= 0.3 is 0 Å². The molecule has 0 atom stereocenters. The third-order valence-electron chi connectivity index (χ3n) is 3.32. The highest BCUT2D eigenvalue weighted by molar-refractivity contribution is 6.44. The predicted octanol–water partition coefficient (Wildman–Crippen LogP) is 4.31. The normalized spacial score (nSPS) is 13.5. The number of carbonyl (C=O) groups is 2. The van der Waals surface area contributed by atoms with Crippen molar-refractivity contribution in [2.75, 3.05) is 12.0 Å². The minimum absolute atomic E-state index is 0.00989. The van der Waals surface area contributed by atoms with Gasteiger partial charge in [0.2, 0.25) is 0 Å². The number of fused-ring (bicyclic) bond motifs is 1. The van der Waals surface area contributed by atoms with Gasteiger partial charge in [-0.25, -0.2) is 0 Å². The number of carbonyl (C=O) groups excluding carboxylic acids is 2. The second-order valence-corrected chi connectivity index (χ2v) is 5.89. The van der Waals surface area contributed by atoms with Crippen LogP contribution in [0, 0.1) is 0 Å². The van der Waals surface area contributed by atoms with E-state index in [9.17, 15) is 9.59 Å². The standard InChI is InChI=1S/C15H9Cl3N2O2/c16-10-5-12(18)13(6-11(10)17)19-7-20-14(21)8-3-1-2-4-9(8)15(20)22/h1-6,19H,7H2. The number of benzene rings is 2. The molecule has 2 aromatic carbocycles. The summed E-state index contributed by atoms with van der Waals surface area (Å²) in [5, 5.41) is 3.94. The number of hydrogen-bond donors (Lipinski definition) is 1. The monoisotopic (exact) mass is 354 g/mol. The van der Waals surface area contributed by atoms with Gasteiger partial charge in [0.1, 0.15) is 0 Å². The highest BCUT2D eigenvalue weighted by Gasteiger charge is 2.34. The smallest absolute Gasteiger partial charge is 0.263 e. The van der Waals surface area contributed by atoms with Crippen LogP contribution in [0.15, 0.2) is 36.4 Å². The molecule has 0 aliphatic carbocycles. The van der Waals surface area contributed by atoms with E-state index < -0.39 is 0 Å². The van der Waals surface area contributed by atoms with Crippen LogP contribution < -0.4 is 5.32 Å². The van der Waals surface area contributed by atoms with Crippen LogP contribution in [0.4, 0.5) is 5.69 Å². The van der Waals surface area contributed by atoms with Crippen LogP contribution in [0.25, 0.3) is 0 Å². The number of amides is 2. The largest absolute Gasteiger partial charge is 0.366 e. The Hall–Kier alpha value is -1.75. The van der Waals surface area contributed by atoms with E-state index in [1.54, 1.807) is 30.3 Å². The summed E-state index contributed by atoms with van der Waals surface area (Å²) in [7, 11) is 0. The highest BCUT2D eigenvalue weighted by Crippen LogP contribution is 2.32. The summed E-state index contributed by atoms with van der Waals surface area (Å²) in [6.45, 7) is -0.00989. The molecule has 22 heavy (non-hydrogen) atoms. The fourth-order valence-electron chi connectivity index (χ4n) is 2.20. The fraction of sp³-hybridized carbons (Fsp3) is 0.0667. The fourth-order valence-corrected chi connectivity index (χ4v) is 2.82. The third kappa shape index (κ3) is 2.54. The van der Waals surface area contributed by atoms with E-state index in [4.69, 9.17) is 34.8 Å². The molecule has 0 unspecified atom stereocenters. The van der Waals surface area contributed by atoms with Gasteiger partial charge in [-0.2, -0.15) is 0 Å². The Kier molecular flexibility index (Phi) is 4.00. The molecule has 0 spiro atoms. The molecule has 3 rings (SSSR count). The van der Waals surface area contributed by atoms with Gasteiger partial charge in [-0.1, -0.05) is 46.9 Å². The van der Waals surface area contributed by atoms with Crippen molar-refractivity contribution >= 4 is 52.3 Å². The second-order valence-electron chi connectivity index (χ2n) is 4.66. The number of nitrogens with one attached hydrogen (secondary N) is 1. The van der Waals surface area contributed by atoms with Crippen LogP contribution in [-0.4, -0.2) is 23.4 Å². The van der Waals surface area contributed by atoms with Gasteiger partial charge in [0.15, 0.2) is 0 Å². The molecule has 1 N–H and O–H groups in total. The Bertz CT molecular complexity index is 757. The SMILES string of the molecule is O=C1c2ccccc2C(=O)N1CNc1cc(Cl)c(Cl)cc1Cl. The van der Waals surface area contributed by atoms with Crippen molar-refractivity contribution in [2.45, 2.75) is 0 Å². The number of rotatable bonds is 3. The van der Waals surface area contributed by atoms with E-state index in [1.165, 1.54) is 6.07 Å². The maximum atomic E-state index is 12.2. The van der Waals surface area contributed by atoms with Crippen LogP contribution in [0.1, 0.15) is 20.7 Å². The summed E-state index contributed by atoms with van der Waals surface area (Å²) in [5.41, 5.74) is 1.29. The van der Waals surface area contributed by atoms with E-state index in [-0.39, 0.29) is 18.5 Å². The molecule has 2 amide bonds. The average Bonchev–Trinajstić information content (AvgIpc) is 2.74. The lowest BCUT2D eigenvalue weighted by atomic mass is 10.1. The molecule has 0 aromatic heterocycles. The minimum atomic E-state index is -0.343. The van der Waals surface area contributed by atoms with Gasteiger partial charge in [-0.05, 0) is 24.3 Å². The van der Waals surface area contributed by atoms with E-state index in [1.807, 2.05) is 0 Å². The molecule has 4 nitrogen and oxygen atoms in total. The molecule has 0 saturated carbocycles. The maximum Gasteiger partial charge on any atom is 0.263 e. The summed E-state index contributed by atoms with van der Waals surface area (Å²) in [6.07, 6.45) is 0. The molecular weight excluding hydrogens is 347 g/mol. The van der Waals surface area contributed by atoms with E-state index in [2.05, 4.69) is 5.32 Å². The van der Waals surface area contributed by atoms with Crippen molar-refractivity contribution in [1.29, 1.82) is 0 Å². The van der Waals surface area contributed by atoms with Crippen molar-refractivity contribution in [2.24, 2.45) is 0 Å². The van der Waals surface area contributed by atoms with Crippen molar-refractivity contribution in [3.8, 4) is 0 Å². The molecule has 0 bridgehead atoms. The summed E-state index contributed by atoms with van der Waals surface area (Å²) < 4.78 is 0. The van der Waals surface area contributed by atoms with Gasteiger partial charge < -0.3 is 5.32 Å². The number of nitrogens with zero attached hydrogens (tertiary/aromatic N) is 1. The minimum Gasteiger partial charge on any atom is -0.366 e. The van der Waals surface area contributed by atoms with E-state index in [0.717, 1.165) is 4.90 Å². The third-order valence-corrected chi connectivity index (χ3v) is 4.35. The lowest BCUT2D eigenvalue weighted by molar-refractivity contribution is 0.0666. The van der Waals surface area contributed by atoms with E-state index >= 15 is 0 Å². The first kappa shape index (κ1) is 15.2. The Morgan fingerprint density at radius 1 is 0.864 bits per heavy atom. The second kappa shape index (κ2) is 5.80. The maximum absolute atomic E-state index is 12.2. The average molecular weight is 356 g/mol. The quantitative estimate of drug-likeness (QED) is 0.659. The topological polar surface area (TPSA) is 49.4 Å². The first-order chi connectivity index (χ1) is 10.5. The van der Waals surface area contributed by atoms with Gasteiger partial charge in [-0.3, -0.25) is 14.5 Å². The zero-order valence-electron chi connectivity index (χ0n) is 11.1. The Morgan fingerprint density at radius 2 is 1.41 bits per heavy atom. The van der Waals surface area contributed by atoms with Crippen LogP contribution in [0.2, 0.25) is 15.1 Å². The molecule has 1 aliphatic heterocycles. The molecule has 0 saturated heterocycles. The van der Waals surface area contributed by atoms with Crippen LogP contribution in [-0.2, 0) is 0 Å². The number of imide groups is 1. The zero-order chi connectivity index (χ0) is 15.9. The molecule has 1 aliphatic rings. The lowest BCUT2D eigenvalue weighted by Crippen LogP contribution is -2.34. The molecule has 0 radical (unpaired) electrons. The van der Waals surface area contributed by atoms with Crippen LogP contribution in [0.5, 0.6) is 0 Å². The van der Waals surface area contributed by atoms with Gasteiger partial charge in [0.05, 0.1) is 38.6 Å². The zero-order valence-corrected chi connectivity index (χ0v) is 13.3. The Labute approximate surface area is 141 Å². The summed E-state index contributed by atoms with van der Waals surface area (Å²) in [4.78, 5) is 25.6. The van der Waals surface area contributed by atoms with Gasteiger partial charge in [0, 0.05) is 0 Å². The lowest BCUT2D eigenvalue weighted by Gasteiger charge is -2.16. The predicted molar refractivity (Wildman–Crippen MR) is 86.9 cm³/mol. The molecule has 0 fully saturated rings. The highest BCUT2D eigenvalue weighted by atomic mass is 35.5. The molecule has 1 heterocycles. The van der Waals surface area contributed by atoms with Crippen molar-refractivity contribution in [1.82, 2.24) is 4.90 Å². The summed E-state index contributed by atoms with van der Waals surface area (Å²) in [5.74, 6) is -0.687. The molecular formula is C15H9Cl3N2O2. The van der Waals surface area contributed by atoms with Crippen molar-refractivity contribution in [3.63, 3.8) is 0 Å². The Morgan fingerprint density at radius 3 is 2.00 bits per heavy atom. The molecule has 112 valence electrons. The van der Waals surface area contributed by atoms with Crippen LogP contribution >= 0.6 is 34.8 Å². The first-order valence-electron chi connectivity index (χ1n) is 6.32. The van der Waals surface area contributed by atoms with Crippen molar-refractivity contribution < 1.29 is 9.59 Å². The number of hydrogen-bond acceptors (Lipinski definition) is 3. The number of halogens is 3. The Balaban J connectivity index is 1.80. The number of anilines is 1. The van der Waals surface area contributed by atoms with Crippen LogP contribution in [0.3, 0.4) is 0 Å². The van der Waals surface area contributed by atoms with Gasteiger partial charge in [-0.15, -0.1) is 0 Å². The van der Waals surface area contributed by atoms with Gasteiger partial charge in [0.25, 0.3) is 11.8 Å².